The molecule has 1 aromatic heterocycles. The molecule has 0 aliphatic heterocycles. The van der Waals surface area contributed by atoms with Crippen molar-refractivity contribution in [3.63, 3.8) is 0 Å². The second kappa shape index (κ2) is 14.0. The fourth-order valence-corrected chi connectivity index (χ4v) is 3.94. The van der Waals surface area contributed by atoms with Crippen LogP contribution in [0.5, 0.6) is 0 Å². The summed E-state index contributed by atoms with van der Waals surface area (Å²) in [5, 5.41) is 18.2. The Bertz CT molecular complexity index is 928. The molecule has 0 radical (unpaired) electrons. The van der Waals surface area contributed by atoms with E-state index in [-0.39, 0.29) is 11.3 Å². The van der Waals surface area contributed by atoms with Crippen LogP contribution in [0.1, 0.15) is 83.4 Å². The number of aliphatic hydroxyl groups is 1. The van der Waals surface area contributed by atoms with E-state index in [0.717, 1.165) is 37.0 Å². The summed E-state index contributed by atoms with van der Waals surface area (Å²) in [6.45, 7) is 15.9. The smallest absolute Gasteiger partial charge is 0.356 e. The van der Waals surface area contributed by atoms with Gasteiger partial charge < -0.3 is 9.84 Å². The quantitative estimate of drug-likeness (QED) is 0.227. The first-order valence-corrected chi connectivity index (χ1v) is 12.5. The van der Waals surface area contributed by atoms with E-state index in [2.05, 4.69) is 30.0 Å². The van der Waals surface area contributed by atoms with Crippen molar-refractivity contribution < 1.29 is 19.8 Å². The number of hydroxylamine groups is 1. The lowest BCUT2D eigenvalue weighted by molar-refractivity contribution is 0.0593. The van der Waals surface area contributed by atoms with Crippen LogP contribution in [-0.4, -0.2) is 34.0 Å². The summed E-state index contributed by atoms with van der Waals surface area (Å²) in [6, 6.07) is 5.40. The lowest BCUT2D eigenvalue weighted by Gasteiger charge is -2.29. The molecule has 194 valence electrons. The lowest BCUT2D eigenvalue weighted by Crippen LogP contribution is -2.23. The van der Waals surface area contributed by atoms with Gasteiger partial charge in [0.1, 0.15) is 5.69 Å². The van der Waals surface area contributed by atoms with Crippen LogP contribution in [0, 0.1) is 11.3 Å². The minimum absolute atomic E-state index is 0.00588. The van der Waals surface area contributed by atoms with Gasteiger partial charge in [-0.1, -0.05) is 57.2 Å². The molecule has 1 saturated carbocycles. The second-order valence-electron chi connectivity index (χ2n) is 9.61. The predicted molar refractivity (Wildman–Crippen MR) is 142 cm³/mol. The van der Waals surface area contributed by atoms with Gasteiger partial charge in [0.15, 0.2) is 0 Å². The summed E-state index contributed by atoms with van der Waals surface area (Å²) in [5.41, 5.74) is 5.98. The van der Waals surface area contributed by atoms with Gasteiger partial charge in [-0.15, -0.1) is 0 Å². The second-order valence-corrected chi connectivity index (χ2v) is 9.61. The number of rotatable bonds is 8. The van der Waals surface area contributed by atoms with Gasteiger partial charge >= 0.3 is 5.97 Å². The third-order valence-corrected chi connectivity index (χ3v) is 5.93. The summed E-state index contributed by atoms with van der Waals surface area (Å²) >= 11 is 0. The fourth-order valence-electron chi connectivity index (χ4n) is 3.94. The number of allylic oxidation sites excluding steroid dienone is 6. The molecule has 0 amide bonds. The zero-order valence-electron chi connectivity index (χ0n) is 22.5. The Morgan fingerprint density at radius 3 is 2.43 bits per heavy atom. The zero-order chi connectivity index (χ0) is 26.6. The normalized spacial score (nSPS) is 16.6. The molecule has 0 spiro atoms. The van der Waals surface area contributed by atoms with Crippen molar-refractivity contribution in [1.82, 2.24) is 10.5 Å². The highest BCUT2D eigenvalue weighted by Gasteiger charge is 2.46. The van der Waals surface area contributed by atoms with Crippen molar-refractivity contribution >= 4 is 5.97 Å². The molecule has 1 atom stereocenters. The number of nitrogens with zero attached hydrogens (tertiary/aromatic N) is 1. The number of hydrogen-bond donors (Lipinski definition) is 3. The minimum atomic E-state index is -0.500. The molecule has 1 fully saturated rings. The molecule has 1 unspecified atom stereocenters. The van der Waals surface area contributed by atoms with E-state index in [1.165, 1.54) is 12.7 Å². The first kappa shape index (κ1) is 30.3. The Morgan fingerprint density at radius 1 is 1.29 bits per heavy atom. The lowest BCUT2D eigenvalue weighted by atomic mass is 9.77. The molecule has 6 heteroatoms. The van der Waals surface area contributed by atoms with Crippen molar-refractivity contribution in [2.75, 3.05) is 7.11 Å². The van der Waals surface area contributed by atoms with Crippen LogP contribution in [0.15, 0.2) is 65.9 Å². The SMILES string of the molecule is C=C(C(Cc1cccc(C(=O)OC)n1)C1=CCC=CC=C1NO)C1(CC)CC1.CC.CC(C)(C)O. The molecule has 35 heavy (non-hydrogen) atoms. The molecule has 2 aliphatic rings. The van der Waals surface area contributed by atoms with Crippen LogP contribution in [0.25, 0.3) is 0 Å². The first-order chi connectivity index (χ1) is 16.5. The number of hydrogen-bond acceptors (Lipinski definition) is 6. The molecule has 1 aromatic rings. The standard InChI is InChI=1S/C23H28N2O3.C4H10O.C2H6/c1-4-23(13-14-23)16(2)19(18-10-6-5-7-11-20(18)25-27)15-17-9-8-12-21(24-17)22(26)28-3;1-4(2,3)5;1-2/h5,7-12,19,25,27H,2,4,6,13-15H2,1,3H3;5H,1-3H3;1-2H3. The van der Waals surface area contributed by atoms with E-state index in [0.29, 0.717) is 17.8 Å². The maximum absolute atomic E-state index is 11.9. The maximum atomic E-state index is 11.9. The van der Waals surface area contributed by atoms with Gasteiger partial charge in [-0.3, -0.25) is 10.7 Å². The fraction of sp³-hybridized carbons (Fsp3) is 0.517. The molecule has 1 heterocycles. The van der Waals surface area contributed by atoms with Crippen molar-refractivity contribution in [2.24, 2.45) is 11.3 Å². The van der Waals surface area contributed by atoms with Gasteiger partial charge in [-0.2, -0.15) is 0 Å². The van der Waals surface area contributed by atoms with Crippen molar-refractivity contribution in [2.45, 2.75) is 79.2 Å². The highest BCUT2D eigenvalue weighted by atomic mass is 16.5. The van der Waals surface area contributed by atoms with E-state index in [4.69, 9.17) is 9.84 Å². The van der Waals surface area contributed by atoms with E-state index >= 15 is 0 Å². The third-order valence-electron chi connectivity index (χ3n) is 5.93. The zero-order valence-corrected chi connectivity index (χ0v) is 22.5. The third kappa shape index (κ3) is 9.46. The maximum Gasteiger partial charge on any atom is 0.356 e. The van der Waals surface area contributed by atoms with Crippen LogP contribution in [0.3, 0.4) is 0 Å². The Morgan fingerprint density at radius 2 is 1.91 bits per heavy atom. The largest absolute Gasteiger partial charge is 0.464 e. The number of aromatic nitrogens is 1. The number of pyridine rings is 1. The van der Waals surface area contributed by atoms with Crippen LogP contribution >= 0.6 is 0 Å². The number of carbonyl (C=O) groups is 1. The molecule has 0 saturated heterocycles. The van der Waals surface area contributed by atoms with Crippen LogP contribution in [-0.2, 0) is 11.2 Å². The number of ether oxygens (including phenoxy) is 1. The number of carbonyl (C=O) groups excluding carboxylic acids is 1. The minimum Gasteiger partial charge on any atom is -0.464 e. The topological polar surface area (TPSA) is 91.7 Å². The van der Waals surface area contributed by atoms with Crippen LogP contribution in [0.2, 0.25) is 0 Å². The number of esters is 1. The average molecular weight is 485 g/mol. The summed E-state index contributed by atoms with van der Waals surface area (Å²) < 4.78 is 4.80. The van der Waals surface area contributed by atoms with Crippen molar-refractivity contribution in [3.8, 4) is 0 Å². The molecular formula is C29H44N2O4. The Hall–Kier alpha value is -2.70. The Kier molecular flexibility index (Phi) is 12.1. The van der Waals surface area contributed by atoms with E-state index in [9.17, 15) is 10.0 Å². The molecular weight excluding hydrogens is 440 g/mol. The molecule has 3 rings (SSSR count). The van der Waals surface area contributed by atoms with Crippen LogP contribution < -0.4 is 5.48 Å². The Labute approximate surface area is 211 Å². The monoisotopic (exact) mass is 484 g/mol. The van der Waals surface area contributed by atoms with Gasteiger partial charge in [-0.05, 0) is 75.7 Å². The summed E-state index contributed by atoms with van der Waals surface area (Å²) in [7, 11) is 1.35. The summed E-state index contributed by atoms with van der Waals surface area (Å²) in [6.07, 6.45) is 12.7. The number of methoxy groups -OCH3 is 1. The highest BCUT2D eigenvalue weighted by Crippen LogP contribution is 2.57. The van der Waals surface area contributed by atoms with Crippen molar-refractivity contribution in [3.05, 3.63) is 77.3 Å². The highest BCUT2D eigenvalue weighted by molar-refractivity contribution is 5.87. The van der Waals surface area contributed by atoms with Crippen molar-refractivity contribution in [1.29, 1.82) is 0 Å². The molecule has 3 N–H and O–H groups in total. The van der Waals surface area contributed by atoms with Gasteiger partial charge in [0.25, 0.3) is 0 Å². The van der Waals surface area contributed by atoms with Gasteiger partial charge in [0.05, 0.1) is 18.4 Å². The van der Waals surface area contributed by atoms with Gasteiger partial charge in [0, 0.05) is 18.0 Å². The summed E-state index contributed by atoms with van der Waals surface area (Å²) in [4.78, 5) is 16.4. The molecule has 2 aliphatic carbocycles. The molecule has 6 nitrogen and oxygen atoms in total. The summed E-state index contributed by atoms with van der Waals surface area (Å²) in [5.74, 6) is -0.450. The predicted octanol–water partition coefficient (Wildman–Crippen LogP) is 6.33. The Balaban J connectivity index is 0.000000779. The van der Waals surface area contributed by atoms with Crippen LogP contribution in [0.4, 0.5) is 0 Å². The molecule has 0 aromatic carbocycles. The van der Waals surface area contributed by atoms with E-state index < -0.39 is 11.6 Å². The number of nitrogens with one attached hydrogen (secondary N) is 1. The van der Waals surface area contributed by atoms with E-state index in [1.807, 2.05) is 44.2 Å². The van der Waals surface area contributed by atoms with E-state index in [1.54, 1.807) is 26.8 Å². The van der Waals surface area contributed by atoms with Gasteiger partial charge in [-0.25, -0.2) is 9.78 Å². The van der Waals surface area contributed by atoms with Gasteiger partial charge in [0.2, 0.25) is 0 Å². The molecule has 0 bridgehead atoms. The first-order valence-electron chi connectivity index (χ1n) is 12.5. The average Bonchev–Trinajstić information content (AvgIpc) is 3.66.